The smallest absolute Gasteiger partial charge is 0.133 e. The molecule has 1 aromatic carbocycles. The van der Waals surface area contributed by atoms with Gasteiger partial charge < -0.3 is 10.7 Å². The van der Waals surface area contributed by atoms with E-state index in [0.717, 1.165) is 29.2 Å². The molecule has 2 aromatic rings. The Morgan fingerprint density at radius 3 is 2.48 bits per heavy atom. The van der Waals surface area contributed by atoms with Gasteiger partial charge in [-0.25, -0.2) is 4.68 Å². The lowest BCUT2D eigenvalue weighted by Gasteiger charge is -2.15. The lowest BCUT2D eigenvalue weighted by molar-refractivity contribution is 0.507. The second-order valence-corrected chi connectivity index (χ2v) is 6.54. The van der Waals surface area contributed by atoms with E-state index in [4.69, 9.17) is 10.5 Å². The van der Waals surface area contributed by atoms with Crippen molar-refractivity contribution in [1.29, 1.82) is 5.41 Å². The predicted molar refractivity (Wildman–Crippen MR) is 108 cm³/mol. The number of aryl methyl sites for hydroxylation is 1. The number of anilines is 1. The minimum atomic E-state index is 0.328. The molecule has 132 valence electrons. The summed E-state index contributed by atoms with van der Waals surface area (Å²) in [6, 6.07) is 8.30. The highest BCUT2D eigenvalue weighted by Crippen LogP contribution is 2.30. The Morgan fingerprint density at radius 1 is 1.32 bits per heavy atom. The second kappa shape index (κ2) is 7.97. The monoisotopic (exact) mass is 336 g/mol. The molecule has 0 aliphatic carbocycles. The Hall–Kier alpha value is -2.62. The fraction of sp³-hybridized carbons (Fsp3) is 0.333. The molecule has 4 nitrogen and oxygen atoms in total. The normalized spacial score (nSPS) is 12.8. The minimum absolute atomic E-state index is 0.328. The highest BCUT2D eigenvalue weighted by molar-refractivity contribution is 6.06. The lowest BCUT2D eigenvalue weighted by atomic mass is 10.0. The second-order valence-electron chi connectivity index (χ2n) is 6.54. The van der Waals surface area contributed by atoms with Crippen molar-refractivity contribution in [3.05, 3.63) is 59.7 Å². The molecule has 0 fully saturated rings. The summed E-state index contributed by atoms with van der Waals surface area (Å²) >= 11 is 0. The van der Waals surface area contributed by atoms with E-state index in [1.54, 1.807) is 0 Å². The molecule has 0 spiro atoms. The quantitative estimate of drug-likeness (QED) is 0.549. The van der Waals surface area contributed by atoms with E-state index in [-0.39, 0.29) is 0 Å². The number of allylic oxidation sites excluding steroid dienone is 3. The fourth-order valence-corrected chi connectivity index (χ4v) is 2.87. The van der Waals surface area contributed by atoms with E-state index in [0.29, 0.717) is 11.6 Å². The summed E-state index contributed by atoms with van der Waals surface area (Å²) in [5.74, 6) is 1.22. The van der Waals surface area contributed by atoms with Gasteiger partial charge >= 0.3 is 0 Å². The van der Waals surface area contributed by atoms with Crippen molar-refractivity contribution in [2.75, 3.05) is 12.4 Å². The van der Waals surface area contributed by atoms with E-state index in [2.05, 4.69) is 56.9 Å². The van der Waals surface area contributed by atoms with Gasteiger partial charge in [0.1, 0.15) is 11.5 Å². The molecule has 1 atom stereocenters. The third-order valence-electron chi connectivity index (χ3n) is 4.49. The molecule has 0 amide bonds. The van der Waals surface area contributed by atoms with Crippen LogP contribution in [0.2, 0.25) is 0 Å². The molecule has 1 heterocycles. The van der Waals surface area contributed by atoms with Crippen molar-refractivity contribution < 1.29 is 0 Å². The van der Waals surface area contributed by atoms with Gasteiger partial charge in [-0.15, -0.1) is 0 Å². The molecule has 4 heteroatoms. The maximum atomic E-state index is 8.24. The first-order valence-electron chi connectivity index (χ1n) is 8.59. The van der Waals surface area contributed by atoms with Gasteiger partial charge in [-0.05, 0) is 26.7 Å². The predicted octanol–water partition coefficient (Wildman–Crippen LogP) is 5.06. The number of benzene rings is 1. The molecule has 0 bridgehead atoms. The van der Waals surface area contributed by atoms with E-state index in [1.807, 2.05) is 30.8 Å². The van der Waals surface area contributed by atoms with Crippen LogP contribution < -0.4 is 5.32 Å². The zero-order valence-corrected chi connectivity index (χ0v) is 15.9. The largest absolute Gasteiger partial charge is 0.373 e. The Balaban J connectivity index is 2.53. The van der Waals surface area contributed by atoms with Gasteiger partial charge in [0.15, 0.2) is 0 Å². The molecular formula is C21H28N4. The standard InChI is InChI=1S/C21H28N4/c1-7-8-15(3)16(4)13-25-21(23-6)19(17(5)22)20(24-25)18-11-9-14(2)10-12-18/h7-12,16,22-23H,1,13H2,2-6H3/b15-8+,22-17?. The molecule has 0 saturated carbocycles. The van der Waals surface area contributed by atoms with Crippen LogP contribution in [0.3, 0.4) is 0 Å². The van der Waals surface area contributed by atoms with Gasteiger partial charge in [0.2, 0.25) is 0 Å². The summed E-state index contributed by atoms with van der Waals surface area (Å²) in [5, 5.41) is 16.3. The van der Waals surface area contributed by atoms with Crippen LogP contribution in [0.5, 0.6) is 0 Å². The average molecular weight is 336 g/mol. The number of hydrogen-bond acceptors (Lipinski definition) is 3. The van der Waals surface area contributed by atoms with E-state index >= 15 is 0 Å². The zero-order chi connectivity index (χ0) is 18.6. The van der Waals surface area contributed by atoms with Gasteiger partial charge in [-0.2, -0.15) is 5.10 Å². The van der Waals surface area contributed by atoms with Crippen LogP contribution in [0, 0.1) is 18.3 Å². The fourth-order valence-electron chi connectivity index (χ4n) is 2.87. The number of aromatic nitrogens is 2. The van der Waals surface area contributed by atoms with Gasteiger partial charge in [0.05, 0.1) is 5.56 Å². The number of rotatable bonds is 7. The first-order valence-corrected chi connectivity index (χ1v) is 8.59. The maximum absolute atomic E-state index is 8.24. The van der Waals surface area contributed by atoms with Crippen LogP contribution >= 0.6 is 0 Å². The van der Waals surface area contributed by atoms with Crippen LogP contribution in [0.1, 0.15) is 31.9 Å². The third-order valence-corrected chi connectivity index (χ3v) is 4.49. The van der Waals surface area contributed by atoms with Crippen molar-refractivity contribution >= 4 is 11.5 Å². The first-order chi connectivity index (χ1) is 11.9. The SMILES string of the molecule is C=C/C=C(\C)C(C)Cn1nc(-c2ccc(C)cc2)c(C(C)=N)c1NC. The molecular weight excluding hydrogens is 308 g/mol. The molecule has 2 N–H and O–H groups in total. The Kier molecular flexibility index (Phi) is 5.97. The van der Waals surface area contributed by atoms with Crippen LogP contribution in [0.25, 0.3) is 11.3 Å². The third kappa shape index (κ3) is 4.08. The molecule has 0 saturated heterocycles. The summed E-state index contributed by atoms with van der Waals surface area (Å²) in [5.41, 5.74) is 5.74. The number of nitrogens with zero attached hydrogens (tertiary/aromatic N) is 2. The summed E-state index contributed by atoms with van der Waals surface area (Å²) in [4.78, 5) is 0. The topological polar surface area (TPSA) is 53.7 Å². The minimum Gasteiger partial charge on any atom is -0.373 e. The molecule has 0 aliphatic heterocycles. The zero-order valence-electron chi connectivity index (χ0n) is 15.9. The highest BCUT2D eigenvalue weighted by Gasteiger charge is 2.21. The first kappa shape index (κ1) is 18.7. The van der Waals surface area contributed by atoms with Crippen LogP contribution in [-0.4, -0.2) is 22.5 Å². The van der Waals surface area contributed by atoms with E-state index < -0.39 is 0 Å². The van der Waals surface area contributed by atoms with Crippen molar-refractivity contribution in [2.45, 2.75) is 34.2 Å². The summed E-state index contributed by atoms with van der Waals surface area (Å²) in [6.07, 6.45) is 3.86. The van der Waals surface area contributed by atoms with Crippen LogP contribution in [-0.2, 0) is 6.54 Å². The van der Waals surface area contributed by atoms with Crippen molar-refractivity contribution in [3.8, 4) is 11.3 Å². The van der Waals surface area contributed by atoms with Gasteiger partial charge in [-0.1, -0.05) is 61.1 Å². The Bertz CT molecular complexity index is 794. The van der Waals surface area contributed by atoms with E-state index in [1.165, 1.54) is 11.1 Å². The molecule has 2 rings (SSSR count). The van der Waals surface area contributed by atoms with Crippen LogP contribution in [0.15, 0.2) is 48.6 Å². The molecule has 0 aliphatic rings. The molecule has 0 radical (unpaired) electrons. The molecule has 1 aromatic heterocycles. The average Bonchev–Trinajstić information content (AvgIpc) is 2.94. The molecule has 1 unspecified atom stereocenters. The highest BCUT2D eigenvalue weighted by atomic mass is 15.3. The summed E-state index contributed by atoms with van der Waals surface area (Å²) in [7, 11) is 1.88. The lowest BCUT2D eigenvalue weighted by Crippen LogP contribution is -2.13. The van der Waals surface area contributed by atoms with E-state index in [9.17, 15) is 0 Å². The summed E-state index contributed by atoms with van der Waals surface area (Å²) in [6.45, 7) is 12.7. The summed E-state index contributed by atoms with van der Waals surface area (Å²) < 4.78 is 1.98. The van der Waals surface area contributed by atoms with Gasteiger partial charge in [0.25, 0.3) is 0 Å². The van der Waals surface area contributed by atoms with Gasteiger partial charge in [-0.3, -0.25) is 0 Å². The number of hydrogen-bond donors (Lipinski definition) is 2. The maximum Gasteiger partial charge on any atom is 0.133 e. The van der Waals surface area contributed by atoms with Crippen molar-refractivity contribution in [1.82, 2.24) is 9.78 Å². The molecule has 25 heavy (non-hydrogen) atoms. The Labute approximate surface area is 150 Å². The van der Waals surface area contributed by atoms with Gasteiger partial charge in [0, 0.05) is 24.9 Å². The van der Waals surface area contributed by atoms with Crippen molar-refractivity contribution in [3.63, 3.8) is 0 Å². The van der Waals surface area contributed by atoms with Crippen molar-refractivity contribution in [2.24, 2.45) is 5.92 Å². The van der Waals surface area contributed by atoms with Crippen LogP contribution in [0.4, 0.5) is 5.82 Å². The Morgan fingerprint density at radius 2 is 1.96 bits per heavy atom. The number of nitrogens with one attached hydrogen (secondary N) is 2.